The number of rotatable bonds is 17. The van der Waals surface area contributed by atoms with Crippen LogP contribution in [0.5, 0.6) is 0 Å². The predicted octanol–water partition coefficient (Wildman–Crippen LogP) is 7.51. The van der Waals surface area contributed by atoms with Crippen molar-refractivity contribution in [2.24, 2.45) is 0 Å². The molecule has 1 aromatic rings. The molecule has 0 saturated carbocycles. The normalized spacial score (nSPS) is 12.0. The molecule has 26 heavy (non-hydrogen) atoms. The highest BCUT2D eigenvalue weighted by Gasteiger charge is 2.30. The first kappa shape index (κ1) is 23.0. The standard InChI is InChI=1S/C23H43NO2/c1-4-7-8-9-10-11-12-13-14-15-16-17-18-19-23(5-2,6-3)21-20-26-22(25)24-21/h20H,4-19H2,1-3H3,(H,24,25). The van der Waals surface area contributed by atoms with E-state index in [9.17, 15) is 4.79 Å². The summed E-state index contributed by atoms with van der Waals surface area (Å²) in [6, 6.07) is 0. The highest BCUT2D eigenvalue weighted by Crippen LogP contribution is 2.35. The van der Waals surface area contributed by atoms with Crippen LogP contribution in [-0.2, 0) is 5.41 Å². The van der Waals surface area contributed by atoms with Gasteiger partial charge in [0.1, 0.15) is 6.26 Å². The Hall–Kier alpha value is -0.990. The first-order valence-corrected chi connectivity index (χ1v) is 11.4. The van der Waals surface area contributed by atoms with Crippen LogP contribution in [0.2, 0.25) is 0 Å². The lowest BCUT2D eigenvalue weighted by Gasteiger charge is -2.30. The van der Waals surface area contributed by atoms with Gasteiger partial charge in [-0.15, -0.1) is 0 Å². The van der Waals surface area contributed by atoms with Crippen LogP contribution in [-0.4, -0.2) is 4.98 Å². The van der Waals surface area contributed by atoms with Crippen molar-refractivity contribution in [3.63, 3.8) is 0 Å². The monoisotopic (exact) mass is 365 g/mol. The molecule has 152 valence electrons. The Morgan fingerprint density at radius 2 is 1.23 bits per heavy atom. The van der Waals surface area contributed by atoms with E-state index in [1.807, 2.05) is 0 Å². The van der Waals surface area contributed by atoms with E-state index in [1.165, 1.54) is 83.5 Å². The molecule has 3 heteroatoms. The molecule has 1 N–H and O–H groups in total. The molecule has 0 aliphatic heterocycles. The highest BCUT2D eigenvalue weighted by molar-refractivity contribution is 5.11. The molecule has 3 nitrogen and oxygen atoms in total. The quantitative estimate of drug-likeness (QED) is 0.290. The lowest BCUT2D eigenvalue weighted by Crippen LogP contribution is -2.25. The highest BCUT2D eigenvalue weighted by atomic mass is 16.4. The zero-order valence-corrected chi connectivity index (χ0v) is 17.7. The number of H-pyrrole nitrogens is 1. The lowest BCUT2D eigenvalue weighted by atomic mass is 9.75. The lowest BCUT2D eigenvalue weighted by molar-refractivity contribution is 0.338. The summed E-state index contributed by atoms with van der Waals surface area (Å²) in [5.41, 5.74) is 1.08. The number of aromatic nitrogens is 1. The summed E-state index contributed by atoms with van der Waals surface area (Å²) < 4.78 is 4.98. The van der Waals surface area contributed by atoms with Crippen LogP contribution in [0.4, 0.5) is 0 Å². The van der Waals surface area contributed by atoms with Crippen molar-refractivity contribution in [2.45, 2.75) is 129 Å². The Labute approximate surface area is 161 Å². The predicted molar refractivity (Wildman–Crippen MR) is 112 cm³/mol. The number of unbranched alkanes of at least 4 members (excludes halogenated alkanes) is 12. The van der Waals surface area contributed by atoms with Gasteiger partial charge in [-0.2, -0.15) is 0 Å². The van der Waals surface area contributed by atoms with Crippen LogP contribution >= 0.6 is 0 Å². The largest absolute Gasteiger partial charge is 0.416 e. The van der Waals surface area contributed by atoms with Gasteiger partial charge in [-0.25, -0.2) is 4.79 Å². The Morgan fingerprint density at radius 1 is 0.769 bits per heavy atom. The molecular formula is C23H43NO2. The van der Waals surface area contributed by atoms with Crippen LogP contribution in [0.3, 0.4) is 0 Å². The zero-order valence-electron chi connectivity index (χ0n) is 17.7. The van der Waals surface area contributed by atoms with E-state index >= 15 is 0 Å². The van der Waals surface area contributed by atoms with E-state index in [-0.39, 0.29) is 11.2 Å². The van der Waals surface area contributed by atoms with Gasteiger partial charge in [0.05, 0.1) is 5.69 Å². The van der Waals surface area contributed by atoms with Gasteiger partial charge in [0.2, 0.25) is 0 Å². The molecule has 0 unspecified atom stereocenters. The van der Waals surface area contributed by atoms with Crippen molar-refractivity contribution in [3.05, 3.63) is 22.5 Å². The molecule has 0 atom stereocenters. The molecule has 0 saturated heterocycles. The fraction of sp³-hybridized carbons (Fsp3) is 0.870. The molecular weight excluding hydrogens is 322 g/mol. The Bertz CT molecular complexity index is 484. The molecule has 1 rings (SSSR count). The maximum absolute atomic E-state index is 11.3. The van der Waals surface area contributed by atoms with Gasteiger partial charge in [-0.05, 0) is 19.3 Å². The molecule has 0 aromatic carbocycles. The third-order valence-electron chi connectivity index (χ3n) is 6.20. The van der Waals surface area contributed by atoms with Crippen molar-refractivity contribution < 1.29 is 4.42 Å². The first-order valence-electron chi connectivity index (χ1n) is 11.4. The van der Waals surface area contributed by atoms with Crippen molar-refractivity contribution >= 4 is 0 Å². The van der Waals surface area contributed by atoms with Gasteiger partial charge >= 0.3 is 5.76 Å². The van der Waals surface area contributed by atoms with E-state index in [4.69, 9.17) is 4.42 Å². The summed E-state index contributed by atoms with van der Waals surface area (Å²) >= 11 is 0. The van der Waals surface area contributed by atoms with Crippen molar-refractivity contribution in [1.29, 1.82) is 0 Å². The Balaban J connectivity index is 2.06. The van der Waals surface area contributed by atoms with Crippen LogP contribution in [0, 0.1) is 0 Å². The van der Waals surface area contributed by atoms with Crippen LogP contribution < -0.4 is 5.76 Å². The number of hydrogen-bond acceptors (Lipinski definition) is 2. The fourth-order valence-corrected chi connectivity index (χ4v) is 4.14. The van der Waals surface area contributed by atoms with Crippen LogP contribution in [0.25, 0.3) is 0 Å². The Morgan fingerprint density at radius 3 is 1.62 bits per heavy atom. The third kappa shape index (κ3) is 8.60. The number of aromatic amines is 1. The molecule has 1 heterocycles. The molecule has 0 aliphatic carbocycles. The van der Waals surface area contributed by atoms with Crippen molar-refractivity contribution in [3.8, 4) is 0 Å². The summed E-state index contributed by atoms with van der Waals surface area (Å²) in [6.45, 7) is 6.72. The second kappa shape index (κ2) is 14.1. The molecule has 0 radical (unpaired) electrons. The average molecular weight is 366 g/mol. The van der Waals surface area contributed by atoms with E-state index in [0.29, 0.717) is 0 Å². The Kier molecular flexibility index (Phi) is 12.5. The van der Waals surface area contributed by atoms with Crippen LogP contribution in [0.15, 0.2) is 15.5 Å². The minimum Gasteiger partial charge on any atom is -0.416 e. The summed E-state index contributed by atoms with van der Waals surface area (Å²) in [7, 11) is 0. The SMILES string of the molecule is CCCCCCCCCCCCCCCC(CC)(CC)c1coc(=O)[nH]1. The van der Waals surface area contributed by atoms with E-state index in [0.717, 1.165) is 25.0 Å². The number of hydrogen-bond donors (Lipinski definition) is 1. The topological polar surface area (TPSA) is 46.0 Å². The summed E-state index contributed by atoms with van der Waals surface area (Å²) in [5, 5.41) is 0. The van der Waals surface area contributed by atoms with Crippen molar-refractivity contribution in [2.75, 3.05) is 0 Å². The summed E-state index contributed by atoms with van der Waals surface area (Å²) in [6.07, 6.45) is 22.9. The smallest absolute Gasteiger partial charge is 0.416 e. The van der Waals surface area contributed by atoms with Crippen molar-refractivity contribution in [1.82, 2.24) is 4.98 Å². The van der Waals surface area contributed by atoms with Gasteiger partial charge in [-0.3, -0.25) is 4.98 Å². The fourth-order valence-electron chi connectivity index (χ4n) is 4.14. The van der Waals surface area contributed by atoms with Gasteiger partial charge in [0.15, 0.2) is 0 Å². The molecule has 0 bridgehead atoms. The van der Waals surface area contributed by atoms with Crippen LogP contribution in [0.1, 0.15) is 129 Å². The summed E-state index contributed by atoms with van der Waals surface area (Å²) in [4.78, 5) is 14.2. The third-order valence-corrected chi connectivity index (χ3v) is 6.20. The zero-order chi connectivity index (χ0) is 19.1. The second-order valence-electron chi connectivity index (χ2n) is 8.04. The number of oxazole rings is 1. The maximum Gasteiger partial charge on any atom is 0.416 e. The minimum atomic E-state index is -0.323. The van der Waals surface area contributed by atoms with Gasteiger partial charge < -0.3 is 4.42 Å². The average Bonchev–Trinajstić information content (AvgIpc) is 3.09. The van der Waals surface area contributed by atoms with E-state index in [1.54, 1.807) is 6.26 Å². The number of nitrogens with one attached hydrogen (secondary N) is 1. The first-order chi connectivity index (χ1) is 12.7. The van der Waals surface area contributed by atoms with E-state index in [2.05, 4.69) is 25.8 Å². The second-order valence-corrected chi connectivity index (χ2v) is 8.04. The molecule has 0 fully saturated rings. The van der Waals surface area contributed by atoms with E-state index < -0.39 is 0 Å². The summed E-state index contributed by atoms with van der Waals surface area (Å²) in [5.74, 6) is -0.323. The molecule has 0 amide bonds. The molecule has 0 aliphatic rings. The molecule has 1 aromatic heterocycles. The minimum absolute atomic E-state index is 0.0872. The van der Waals surface area contributed by atoms with Gasteiger partial charge in [0, 0.05) is 5.41 Å². The van der Waals surface area contributed by atoms with Gasteiger partial charge in [0.25, 0.3) is 0 Å². The molecule has 0 spiro atoms. The maximum atomic E-state index is 11.3. The van der Waals surface area contributed by atoms with Gasteiger partial charge in [-0.1, -0.05) is 104 Å².